The van der Waals surface area contributed by atoms with Crippen molar-refractivity contribution in [2.24, 2.45) is 0 Å². The first-order valence-corrected chi connectivity index (χ1v) is 11.8. The van der Waals surface area contributed by atoms with Crippen molar-refractivity contribution in [3.63, 3.8) is 0 Å². The summed E-state index contributed by atoms with van der Waals surface area (Å²) in [7, 11) is -3.36. The summed E-state index contributed by atoms with van der Waals surface area (Å²) in [5, 5.41) is 0. The van der Waals surface area contributed by atoms with Gasteiger partial charge in [-0.15, -0.1) is 0 Å². The SMILES string of the molecule is CCCS(=O)(=O)Nc1ccc(C(=O)N2CCN(Cc3ccccc3F)C[C@@H]2C)cc1. The number of nitrogens with zero attached hydrogens (tertiary/aromatic N) is 2. The Balaban J connectivity index is 1.60. The van der Waals surface area contributed by atoms with Crippen molar-refractivity contribution in [1.29, 1.82) is 0 Å². The molecule has 1 aliphatic rings. The maximum atomic E-state index is 13.9. The summed E-state index contributed by atoms with van der Waals surface area (Å²) in [5.74, 6) is -0.239. The molecule has 1 fully saturated rings. The molecule has 1 heterocycles. The number of sulfonamides is 1. The normalized spacial score (nSPS) is 17.7. The molecule has 0 radical (unpaired) electrons. The Morgan fingerprint density at radius 1 is 1.13 bits per heavy atom. The molecule has 1 atom stereocenters. The first kappa shape index (κ1) is 22.2. The Hall–Kier alpha value is -2.45. The molecule has 0 aliphatic carbocycles. The van der Waals surface area contributed by atoms with Crippen LogP contribution in [-0.2, 0) is 16.6 Å². The summed E-state index contributed by atoms with van der Waals surface area (Å²) in [6.45, 7) is 6.19. The van der Waals surface area contributed by atoms with Gasteiger partial charge in [-0.1, -0.05) is 25.1 Å². The molecule has 8 heteroatoms. The lowest BCUT2D eigenvalue weighted by Gasteiger charge is -2.40. The number of rotatable bonds is 7. The lowest BCUT2D eigenvalue weighted by atomic mass is 10.1. The molecule has 1 aliphatic heterocycles. The monoisotopic (exact) mass is 433 g/mol. The van der Waals surface area contributed by atoms with Crippen LogP contribution in [0.1, 0.15) is 36.2 Å². The number of halogens is 1. The topological polar surface area (TPSA) is 69.7 Å². The van der Waals surface area contributed by atoms with E-state index in [2.05, 4.69) is 9.62 Å². The van der Waals surface area contributed by atoms with Gasteiger partial charge in [-0.3, -0.25) is 14.4 Å². The van der Waals surface area contributed by atoms with Gasteiger partial charge in [0.15, 0.2) is 0 Å². The minimum Gasteiger partial charge on any atom is -0.333 e. The van der Waals surface area contributed by atoms with Gasteiger partial charge in [-0.25, -0.2) is 12.8 Å². The van der Waals surface area contributed by atoms with E-state index in [0.717, 1.165) is 0 Å². The van der Waals surface area contributed by atoms with Crippen molar-refractivity contribution in [3.8, 4) is 0 Å². The lowest BCUT2D eigenvalue weighted by Crippen LogP contribution is -2.53. The van der Waals surface area contributed by atoms with Crippen molar-refractivity contribution in [1.82, 2.24) is 9.80 Å². The number of piperazine rings is 1. The highest BCUT2D eigenvalue weighted by Crippen LogP contribution is 2.19. The highest BCUT2D eigenvalue weighted by Gasteiger charge is 2.28. The number of hydrogen-bond acceptors (Lipinski definition) is 4. The molecule has 162 valence electrons. The number of benzene rings is 2. The molecule has 0 spiro atoms. The minimum atomic E-state index is -3.36. The van der Waals surface area contributed by atoms with E-state index in [0.29, 0.717) is 49.4 Å². The molecule has 0 saturated carbocycles. The summed E-state index contributed by atoms with van der Waals surface area (Å²) in [5.41, 5.74) is 1.62. The predicted octanol–water partition coefficient (Wildman–Crippen LogP) is 3.32. The molecule has 2 aromatic rings. The van der Waals surface area contributed by atoms with Gasteiger partial charge in [0.25, 0.3) is 5.91 Å². The second-order valence-corrected chi connectivity index (χ2v) is 9.51. The smallest absolute Gasteiger partial charge is 0.254 e. The van der Waals surface area contributed by atoms with Crippen LogP contribution in [0, 0.1) is 5.82 Å². The number of carbonyl (C=O) groups is 1. The zero-order chi connectivity index (χ0) is 21.7. The second-order valence-electron chi connectivity index (χ2n) is 7.67. The molecule has 30 heavy (non-hydrogen) atoms. The molecular formula is C22H28FN3O3S. The number of anilines is 1. The van der Waals surface area contributed by atoms with Gasteiger partial charge in [-0.05, 0) is 43.7 Å². The summed E-state index contributed by atoms with van der Waals surface area (Å²) < 4.78 is 40.2. The number of nitrogens with one attached hydrogen (secondary N) is 1. The van der Waals surface area contributed by atoms with Crippen molar-refractivity contribution >= 4 is 21.6 Å². The molecule has 0 unspecified atom stereocenters. The van der Waals surface area contributed by atoms with Gasteiger partial charge < -0.3 is 4.90 Å². The molecule has 0 bridgehead atoms. The van der Waals surface area contributed by atoms with E-state index in [4.69, 9.17) is 0 Å². The van der Waals surface area contributed by atoms with Crippen LogP contribution in [0.5, 0.6) is 0 Å². The van der Waals surface area contributed by atoms with E-state index in [1.54, 1.807) is 43.3 Å². The molecule has 1 amide bonds. The average molecular weight is 434 g/mol. The number of carbonyl (C=O) groups excluding carboxylic acids is 1. The molecule has 3 rings (SSSR count). The maximum Gasteiger partial charge on any atom is 0.254 e. The molecule has 0 aromatic heterocycles. The quantitative estimate of drug-likeness (QED) is 0.727. The number of hydrogen-bond donors (Lipinski definition) is 1. The van der Waals surface area contributed by atoms with Crippen LogP contribution in [0.15, 0.2) is 48.5 Å². The summed E-state index contributed by atoms with van der Waals surface area (Å²) in [6, 6.07) is 13.2. The van der Waals surface area contributed by atoms with Crippen molar-refractivity contribution < 1.29 is 17.6 Å². The summed E-state index contributed by atoms with van der Waals surface area (Å²) in [6.07, 6.45) is 0.534. The van der Waals surface area contributed by atoms with Crippen molar-refractivity contribution in [2.45, 2.75) is 32.9 Å². The first-order valence-electron chi connectivity index (χ1n) is 10.2. The third-order valence-corrected chi connectivity index (χ3v) is 6.69. The molecule has 2 aromatic carbocycles. The average Bonchev–Trinajstić information content (AvgIpc) is 2.69. The van der Waals surface area contributed by atoms with Gasteiger partial charge in [0, 0.05) is 49.0 Å². The fourth-order valence-corrected chi connectivity index (χ4v) is 4.83. The van der Waals surface area contributed by atoms with Crippen LogP contribution < -0.4 is 4.72 Å². The fourth-order valence-electron chi connectivity index (χ4n) is 3.69. The summed E-state index contributed by atoms with van der Waals surface area (Å²) in [4.78, 5) is 16.9. The van der Waals surface area contributed by atoms with Crippen molar-refractivity contribution in [3.05, 3.63) is 65.5 Å². The third kappa shape index (κ3) is 5.58. The van der Waals surface area contributed by atoms with Crippen LogP contribution >= 0.6 is 0 Å². The third-order valence-electron chi connectivity index (χ3n) is 5.20. The summed E-state index contributed by atoms with van der Waals surface area (Å²) >= 11 is 0. The van der Waals surface area contributed by atoms with Gasteiger partial charge in [0.05, 0.1) is 5.75 Å². The highest BCUT2D eigenvalue weighted by atomic mass is 32.2. The van der Waals surface area contributed by atoms with Crippen LogP contribution in [0.2, 0.25) is 0 Å². The maximum absolute atomic E-state index is 13.9. The van der Waals surface area contributed by atoms with Gasteiger partial charge in [0.1, 0.15) is 5.82 Å². The molecular weight excluding hydrogens is 405 g/mol. The zero-order valence-electron chi connectivity index (χ0n) is 17.3. The Labute approximate surface area is 177 Å². The fraction of sp³-hybridized carbons (Fsp3) is 0.409. The van der Waals surface area contributed by atoms with E-state index in [1.807, 2.05) is 17.9 Å². The van der Waals surface area contributed by atoms with E-state index in [9.17, 15) is 17.6 Å². The Morgan fingerprint density at radius 3 is 2.47 bits per heavy atom. The number of amides is 1. The largest absolute Gasteiger partial charge is 0.333 e. The van der Waals surface area contributed by atoms with Gasteiger partial charge in [0.2, 0.25) is 10.0 Å². The second kappa shape index (κ2) is 9.57. The highest BCUT2D eigenvalue weighted by molar-refractivity contribution is 7.92. The minimum absolute atomic E-state index is 0.0132. The van der Waals surface area contributed by atoms with Gasteiger partial charge in [-0.2, -0.15) is 0 Å². The van der Waals surface area contributed by atoms with Crippen molar-refractivity contribution in [2.75, 3.05) is 30.1 Å². The lowest BCUT2D eigenvalue weighted by molar-refractivity contribution is 0.0473. The molecule has 6 nitrogen and oxygen atoms in total. The van der Waals surface area contributed by atoms with E-state index < -0.39 is 10.0 Å². The Kier molecular flexibility index (Phi) is 7.10. The Morgan fingerprint density at radius 2 is 1.83 bits per heavy atom. The molecule has 1 saturated heterocycles. The Bertz CT molecular complexity index is 979. The van der Waals surface area contributed by atoms with E-state index >= 15 is 0 Å². The van der Waals surface area contributed by atoms with Gasteiger partial charge >= 0.3 is 0 Å². The van der Waals surface area contributed by atoms with E-state index in [1.165, 1.54) is 6.07 Å². The standard InChI is InChI=1S/C22H28FN3O3S/c1-3-14-30(28,29)24-20-10-8-18(9-11-20)22(27)26-13-12-25(15-17(26)2)16-19-6-4-5-7-21(19)23/h4-11,17,24H,3,12-16H2,1-2H3/t17-/m0/s1. The van der Waals surface area contributed by atoms with E-state index in [-0.39, 0.29) is 23.5 Å². The zero-order valence-corrected chi connectivity index (χ0v) is 18.2. The molecule has 1 N–H and O–H groups in total. The van der Waals surface area contributed by atoms with Crippen LogP contribution in [0.25, 0.3) is 0 Å². The predicted molar refractivity (Wildman–Crippen MR) is 116 cm³/mol. The van der Waals surface area contributed by atoms with Crippen LogP contribution in [0.3, 0.4) is 0 Å². The van der Waals surface area contributed by atoms with Crippen LogP contribution in [-0.4, -0.2) is 55.6 Å². The first-order chi connectivity index (χ1) is 14.3. The van der Waals surface area contributed by atoms with Crippen LogP contribution in [0.4, 0.5) is 10.1 Å².